The van der Waals surface area contributed by atoms with Gasteiger partial charge in [-0.05, 0) is 90.5 Å². The summed E-state index contributed by atoms with van der Waals surface area (Å²) in [7, 11) is 1.52. The average molecular weight is 504 g/mol. The van der Waals surface area contributed by atoms with E-state index in [4.69, 9.17) is 14.6 Å². The van der Waals surface area contributed by atoms with Crippen molar-refractivity contribution in [2.24, 2.45) is 4.99 Å². The van der Waals surface area contributed by atoms with Crippen molar-refractivity contribution in [3.05, 3.63) is 69.1 Å². The van der Waals surface area contributed by atoms with Gasteiger partial charge in [0, 0.05) is 23.3 Å². The molecule has 0 aliphatic carbocycles. The van der Waals surface area contributed by atoms with Crippen LogP contribution in [0.2, 0.25) is 0 Å². The molecule has 0 aliphatic heterocycles. The zero-order valence-electron chi connectivity index (χ0n) is 16.3. The van der Waals surface area contributed by atoms with Gasteiger partial charge in [0.05, 0.1) is 16.4 Å². The lowest BCUT2D eigenvalue weighted by molar-refractivity contribution is -0.139. The van der Waals surface area contributed by atoms with E-state index in [1.54, 1.807) is 12.3 Å². The molecule has 1 N–H and O–H groups in total. The van der Waals surface area contributed by atoms with Crippen LogP contribution < -0.4 is 9.47 Å². The first kappa shape index (κ1) is 20.9. The Hall–Kier alpha value is -2.81. The second-order valence-corrected chi connectivity index (χ2v) is 7.60. The number of aromatic nitrogens is 1. The molecule has 0 atom stereocenters. The fourth-order valence-corrected chi connectivity index (χ4v) is 3.78. The second-order valence-electron chi connectivity index (χ2n) is 6.44. The molecule has 7 heteroatoms. The summed E-state index contributed by atoms with van der Waals surface area (Å²) in [6, 6.07) is 15.9. The largest absolute Gasteiger partial charge is 0.493 e. The molecule has 0 radical (unpaired) electrons. The van der Waals surface area contributed by atoms with E-state index in [9.17, 15) is 4.79 Å². The van der Waals surface area contributed by atoms with Crippen LogP contribution in [0, 0.1) is 17.4 Å². The average Bonchev–Trinajstić information content (AvgIpc) is 3.03. The zero-order valence-corrected chi connectivity index (χ0v) is 18.5. The third-order valence-electron chi connectivity index (χ3n) is 4.33. The van der Waals surface area contributed by atoms with E-state index in [-0.39, 0.29) is 0 Å². The van der Waals surface area contributed by atoms with Crippen molar-refractivity contribution in [1.82, 2.24) is 4.57 Å². The van der Waals surface area contributed by atoms with Crippen LogP contribution in [0.15, 0.2) is 53.5 Å². The highest BCUT2D eigenvalue weighted by atomic mass is 127. The summed E-state index contributed by atoms with van der Waals surface area (Å²) in [4.78, 5) is 15.3. The van der Waals surface area contributed by atoms with Gasteiger partial charge in [-0.1, -0.05) is 0 Å². The molecule has 3 rings (SSSR count). The van der Waals surface area contributed by atoms with Crippen LogP contribution in [-0.2, 0) is 4.79 Å². The summed E-state index contributed by atoms with van der Waals surface area (Å²) < 4.78 is 13.6. The number of ether oxygens (including phenoxy) is 2. The molecular formula is C22H21IN2O4. The molecule has 0 unspecified atom stereocenters. The topological polar surface area (TPSA) is 73.0 Å². The van der Waals surface area contributed by atoms with Crippen LogP contribution in [-0.4, -0.2) is 35.6 Å². The molecule has 2 aromatic carbocycles. The molecule has 6 nitrogen and oxygen atoms in total. The Balaban J connectivity index is 1.80. The second kappa shape index (κ2) is 9.13. The summed E-state index contributed by atoms with van der Waals surface area (Å²) in [5.74, 6) is -0.162. The highest BCUT2D eigenvalue weighted by molar-refractivity contribution is 14.1. The smallest absolute Gasteiger partial charge is 0.341 e. The van der Waals surface area contributed by atoms with Crippen molar-refractivity contribution in [3.8, 4) is 17.2 Å². The van der Waals surface area contributed by atoms with E-state index in [0.29, 0.717) is 11.5 Å². The quantitative estimate of drug-likeness (QED) is 0.366. The third-order valence-corrected chi connectivity index (χ3v) is 5.13. The molecule has 0 saturated carbocycles. The number of carbonyl (C=O) groups is 1. The number of aliphatic carboxylic acids is 1. The number of carboxylic acid groups (broad SMARTS) is 1. The highest BCUT2D eigenvalue weighted by Gasteiger charge is 2.12. The Morgan fingerprint density at radius 2 is 1.79 bits per heavy atom. The Kier molecular flexibility index (Phi) is 6.58. The molecule has 0 aliphatic rings. The standard InChI is InChI=1S/C22H21IN2O4/c1-14-4-5-15(2)25(14)18-8-6-17(7-9-18)24-12-16-10-19(23)22(20(11-16)28-3)29-13-21(26)27/h4-12H,13H2,1-3H3,(H,26,27). The predicted molar refractivity (Wildman–Crippen MR) is 121 cm³/mol. The fraction of sp³-hybridized carbons (Fsp3) is 0.182. The van der Waals surface area contributed by atoms with E-state index >= 15 is 0 Å². The number of nitrogens with zero attached hydrogens (tertiary/aromatic N) is 2. The number of carboxylic acids is 1. The van der Waals surface area contributed by atoms with Gasteiger partial charge in [-0.3, -0.25) is 4.99 Å². The lowest BCUT2D eigenvalue weighted by atomic mass is 10.2. The van der Waals surface area contributed by atoms with Gasteiger partial charge in [-0.25, -0.2) is 4.79 Å². The van der Waals surface area contributed by atoms with Gasteiger partial charge in [0.15, 0.2) is 18.1 Å². The number of benzene rings is 2. The van der Waals surface area contributed by atoms with Crippen molar-refractivity contribution in [1.29, 1.82) is 0 Å². The van der Waals surface area contributed by atoms with E-state index < -0.39 is 12.6 Å². The van der Waals surface area contributed by atoms with Gasteiger partial charge in [0.25, 0.3) is 0 Å². The summed E-state index contributed by atoms with van der Waals surface area (Å²) >= 11 is 2.09. The molecule has 0 fully saturated rings. The minimum absolute atomic E-state index is 0.412. The van der Waals surface area contributed by atoms with Crippen LogP contribution in [0.25, 0.3) is 5.69 Å². The first-order chi connectivity index (χ1) is 13.9. The summed E-state index contributed by atoms with van der Waals surface area (Å²) in [6.07, 6.45) is 1.74. The highest BCUT2D eigenvalue weighted by Crippen LogP contribution is 2.33. The van der Waals surface area contributed by atoms with Crippen molar-refractivity contribution in [2.75, 3.05) is 13.7 Å². The lowest BCUT2D eigenvalue weighted by Crippen LogP contribution is -2.11. The Labute approximate surface area is 182 Å². The fourth-order valence-electron chi connectivity index (χ4n) is 3.00. The number of rotatable bonds is 7. The monoisotopic (exact) mass is 504 g/mol. The molecule has 0 saturated heterocycles. The maximum absolute atomic E-state index is 10.8. The molecule has 3 aromatic rings. The van der Waals surface area contributed by atoms with E-state index in [1.165, 1.54) is 18.5 Å². The van der Waals surface area contributed by atoms with Crippen LogP contribution in [0.3, 0.4) is 0 Å². The number of methoxy groups -OCH3 is 1. The van der Waals surface area contributed by atoms with Gasteiger partial charge < -0.3 is 19.1 Å². The normalized spacial score (nSPS) is 11.0. The zero-order chi connectivity index (χ0) is 21.0. The first-order valence-electron chi connectivity index (χ1n) is 8.90. The van der Waals surface area contributed by atoms with Crippen LogP contribution in [0.4, 0.5) is 5.69 Å². The Morgan fingerprint density at radius 1 is 1.14 bits per heavy atom. The first-order valence-corrected chi connectivity index (χ1v) is 9.98. The molecule has 150 valence electrons. The van der Waals surface area contributed by atoms with E-state index in [0.717, 1.165) is 20.5 Å². The number of hydrogen-bond acceptors (Lipinski definition) is 4. The minimum atomic E-state index is -1.04. The molecule has 0 amide bonds. The molecule has 1 heterocycles. The third kappa shape index (κ3) is 4.97. The molecule has 0 bridgehead atoms. The molecule has 1 aromatic heterocycles. The van der Waals surface area contributed by atoms with E-state index in [1.807, 2.05) is 30.3 Å². The summed E-state index contributed by atoms with van der Waals surface area (Å²) in [5.41, 5.74) is 5.13. The van der Waals surface area contributed by atoms with E-state index in [2.05, 4.69) is 58.1 Å². The van der Waals surface area contributed by atoms with Crippen LogP contribution in [0.1, 0.15) is 17.0 Å². The number of aryl methyl sites for hydroxylation is 2. The van der Waals surface area contributed by atoms with Gasteiger partial charge in [0.1, 0.15) is 0 Å². The van der Waals surface area contributed by atoms with Gasteiger partial charge in [-0.15, -0.1) is 0 Å². The SMILES string of the molecule is COc1cc(C=Nc2ccc(-n3c(C)ccc3C)cc2)cc(I)c1OCC(=O)O. The Morgan fingerprint density at radius 3 is 2.38 bits per heavy atom. The van der Waals surface area contributed by atoms with Crippen LogP contribution in [0.5, 0.6) is 11.5 Å². The number of hydrogen-bond donors (Lipinski definition) is 1. The molecule has 0 spiro atoms. The van der Waals surface area contributed by atoms with Gasteiger partial charge in [-0.2, -0.15) is 0 Å². The lowest BCUT2D eigenvalue weighted by Gasteiger charge is -2.12. The van der Waals surface area contributed by atoms with Crippen molar-refractivity contribution < 1.29 is 19.4 Å². The summed E-state index contributed by atoms with van der Waals surface area (Å²) in [5, 5.41) is 8.81. The van der Waals surface area contributed by atoms with Gasteiger partial charge in [0.2, 0.25) is 0 Å². The van der Waals surface area contributed by atoms with Crippen molar-refractivity contribution in [3.63, 3.8) is 0 Å². The maximum atomic E-state index is 10.8. The number of aliphatic imine (C=N–C) groups is 1. The summed E-state index contributed by atoms with van der Waals surface area (Å²) in [6.45, 7) is 3.74. The van der Waals surface area contributed by atoms with Crippen molar-refractivity contribution in [2.45, 2.75) is 13.8 Å². The molecule has 29 heavy (non-hydrogen) atoms. The predicted octanol–water partition coefficient (Wildman–Crippen LogP) is 4.92. The van der Waals surface area contributed by atoms with Crippen molar-refractivity contribution >= 4 is 40.5 Å². The molecular weight excluding hydrogens is 483 g/mol. The number of halogens is 1. The Bertz CT molecular complexity index is 1040. The van der Waals surface area contributed by atoms with Crippen LogP contribution >= 0.6 is 22.6 Å². The minimum Gasteiger partial charge on any atom is -0.493 e. The van der Waals surface area contributed by atoms with Gasteiger partial charge >= 0.3 is 5.97 Å². The maximum Gasteiger partial charge on any atom is 0.341 e.